The number of H-pyrrole nitrogens is 1. The Kier molecular flexibility index (Phi) is 4.10. The Morgan fingerprint density at radius 3 is 3.00 bits per heavy atom. The molecule has 25 heavy (non-hydrogen) atoms. The largest absolute Gasteiger partial charge is 0.496 e. The lowest BCUT2D eigenvalue weighted by Gasteiger charge is -2.26. The number of methoxy groups -OCH3 is 1. The van der Waals surface area contributed by atoms with Gasteiger partial charge >= 0.3 is 5.69 Å². The van der Waals surface area contributed by atoms with E-state index in [1.807, 2.05) is 23.0 Å². The second-order valence-electron chi connectivity index (χ2n) is 6.16. The van der Waals surface area contributed by atoms with E-state index in [9.17, 15) is 4.79 Å². The predicted molar refractivity (Wildman–Crippen MR) is 91.3 cm³/mol. The van der Waals surface area contributed by atoms with Crippen molar-refractivity contribution in [2.75, 3.05) is 13.7 Å². The highest BCUT2D eigenvalue weighted by Crippen LogP contribution is 2.22. The summed E-state index contributed by atoms with van der Waals surface area (Å²) in [6, 6.07) is 8.15. The highest BCUT2D eigenvalue weighted by molar-refractivity contribution is 5.37. The zero-order valence-corrected chi connectivity index (χ0v) is 14.1. The van der Waals surface area contributed by atoms with Gasteiger partial charge in [-0.1, -0.05) is 6.07 Å². The monoisotopic (exact) mass is 340 g/mol. The molecule has 0 fully saturated rings. The van der Waals surface area contributed by atoms with Crippen LogP contribution in [0.2, 0.25) is 0 Å². The Bertz CT molecular complexity index is 912. The summed E-state index contributed by atoms with van der Waals surface area (Å²) in [6.07, 6.45) is 3.71. The number of hydrogen-bond acceptors (Lipinski definition) is 5. The number of nitrogens with one attached hydrogen (secondary N) is 1. The third kappa shape index (κ3) is 3.20. The molecule has 0 bridgehead atoms. The zero-order chi connectivity index (χ0) is 17.2. The third-order valence-electron chi connectivity index (χ3n) is 4.48. The lowest BCUT2D eigenvalue weighted by Crippen LogP contribution is -2.36. The highest BCUT2D eigenvalue weighted by atomic mass is 16.5. The summed E-state index contributed by atoms with van der Waals surface area (Å²) in [5.74, 6) is 1.65. The van der Waals surface area contributed by atoms with E-state index in [0.29, 0.717) is 19.6 Å². The van der Waals surface area contributed by atoms with Crippen molar-refractivity contribution >= 4 is 0 Å². The minimum absolute atomic E-state index is 0.124. The fourth-order valence-electron chi connectivity index (χ4n) is 3.24. The van der Waals surface area contributed by atoms with Gasteiger partial charge in [0.05, 0.1) is 20.2 Å². The molecule has 0 spiro atoms. The lowest BCUT2D eigenvalue weighted by atomic mass is 10.1. The van der Waals surface area contributed by atoms with Gasteiger partial charge < -0.3 is 4.74 Å². The van der Waals surface area contributed by atoms with Gasteiger partial charge in [-0.3, -0.25) is 14.1 Å². The fraction of sp³-hybridized carbons (Fsp3) is 0.353. The van der Waals surface area contributed by atoms with Crippen LogP contribution in [-0.2, 0) is 26.2 Å². The van der Waals surface area contributed by atoms with Crippen molar-refractivity contribution in [2.24, 2.45) is 0 Å². The van der Waals surface area contributed by atoms with Crippen molar-refractivity contribution < 1.29 is 4.74 Å². The van der Waals surface area contributed by atoms with Gasteiger partial charge in [-0.25, -0.2) is 9.89 Å². The first-order valence-electron chi connectivity index (χ1n) is 8.22. The maximum atomic E-state index is 11.6. The van der Waals surface area contributed by atoms with Crippen LogP contribution < -0.4 is 10.4 Å². The van der Waals surface area contributed by atoms with Crippen molar-refractivity contribution in [3.05, 3.63) is 64.1 Å². The number of aromatic amines is 1. The van der Waals surface area contributed by atoms with Crippen molar-refractivity contribution in [1.82, 2.24) is 29.4 Å². The van der Waals surface area contributed by atoms with Crippen LogP contribution in [0.25, 0.3) is 0 Å². The molecule has 0 aliphatic carbocycles. The molecule has 0 unspecified atom stereocenters. The van der Waals surface area contributed by atoms with Crippen molar-refractivity contribution in [3.63, 3.8) is 0 Å². The molecule has 3 aromatic rings. The Morgan fingerprint density at radius 1 is 1.28 bits per heavy atom. The van der Waals surface area contributed by atoms with Gasteiger partial charge in [-0.2, -0.15) is 10.2 Å². The van der Waals surface area contributed by atoms with E-state index < -0.39 is 0 Å². The molecule has 1 N–H and O–H groups in total. The topological polar surface area (TPSA) is 81.0 Å². The van der Waals surface area contributed by atoms with E-state index in [0.717, 1.165) is 30.2 Å². The third-order valence-corrected chi connectivity index (χ3v) is 4.48. The number of aromatic nitrogens is 5. The van der Waals surface area contributed by atoms with Crippen LogP contribution in [0.1, 0.15) is 17.0 Å². The molecule has 2 aromatic heterocycles. The molecule has 3 heterocycles. The summed E-state index contributed by atoms with van der Waals surface area (Å²) >= 11 is 0. The second kappa shape index (κ2) is 6.56. The molecular weight excluding hydrogens is 320 g/mol. The average molecular weight is 340 g/mol. The first-order valence-corrected chi connectivity index (χ1v) is 8.22. The van der Waals surface area contributed by atoms with Crippen molar-refractivity contribution in [2.45, 2.75) is 26.2 Å². The predicted octanol–water partition coefficient (Wildman–Crippen LogP) is 0.841. The van der Waals surface area contributed by atoms with Crippen LogP contribution in [0.15, 0.2) is 41.5 Å². The molecule has 130 valence electrons. The van der Waals surface area contributed by atoms with E-state index in [2.05, 4.69) is 32.3 Å². The molecule has 8 nitrogen and oxygen atoms in total. The Hall–Kier alpha value is -2.87. The number of benzene rings is 1. The van der Waals surface area contributed by atoms with Crippen LogP contribution >= 0.6 is 0 Å². The molecule has 1 aliphatic rings. The van der Waals surface area contributed by atoms with Gasteiger partial charge in [0.15, 0.2) is 0 Å². The zero-order valence-electron chi connectivity index (χ0n) is 14.1. The molecule has 1 aromatic carbocycles. The summed E-state index contributed by atoms with van der Waals surface area (Å²) in [5.41, 5.74) is 2.17. The molecule has 8 heteroatoms. The van der Waals surface area contributed by atoms with Crippen LogP contribution in [0.5, 0.6) is 5.75 Å². The fourth-order valence-corrected chi connectivity index (χ4v) is 3.24. The summed E-state index contributed by atoms with van der Waals surface area (Å²) in [4.78, 5) is 13.9. The molecule has 0 saturated heterocycles. The molecule has 1 aliphatic heterocycles. The second-order valence-corrected chi connectivity index (χ2v) is 6.16. The summed E-state index contributed by atoms with van der Waals surface area (Å²) in [6.45, 7) is 3.63. The van der Waals surface area contributed by atoms with Gasteiger partial charge in [-0.05, 0) is 23.8 Å². The van der Waals surface area contributed by atoms with Crippen LogP contribution in [-0.4, -0.2) is 43.1 Å². The Balaban J connectivity index is 1.52. The van der Waals surface area contributed by atoms with E-state index >= 15 is 0 Å². The highest BCUT2D eigenvalue weighted by Gasteiger charge is 2.19. The smallest absolute Gasteiger partial charge is 0.343 e. The maximum absolute atomic E-state index is 11.6. The first kappa shape index (κ1) is 15.6. The van der Waals surface area contributed by atoms with Gasteiger partial charge in [0.2, 0.25) is 0 Å². The van der Waals surface area contributed by atoms with E-state index in [1.54, 1.807) is 17.9 Å². The number of hydrogen-bond donors (Lipinski definition) is 1. The average Bonchev–Trinajstić information content (AvgIpc) is 3.25. The standard InChI is InChI=1S/C17H20N6O2/c1-25-15-4-3-13(9-14(15)11-22-6-2-5-18-22)10-21-7-8-23-16(12-21)19-20-17(23)24/h2-6,9H,7-8,10-12H2,1H3,(H,20,24). The summed E-state index contributed by atoms with van der Waals surface area (Å²) < 4.78 is 9.06. The van der Waals surface area contributed by atoms with Crippen LogP contribution in [0.3, 0.4) is 0 Å². The van der Waals surface area contributed by atoms with Gasteiger partial charge in [0.1, 0.15) is 11.6 Å². The number of fused-ring (bicyclic) bond motifs is 1. The molecular formula is C17H20N6O2. The summed E-state index contributed by atoms with van der Waals surface area (Å²) in [7, 11) is 1.68. The van der Waals surface area contributed by atoms with Gasteiger partial charge in [0, 0.05) is 37.6 Å². The SMILES string of the molecule is COc1ccc(CN2CCn3c(n[nH]c3=O)C2)cc1Cn1cccn1. The Morgan fingerprint density at radius 2 is 2.20 bits per heavy atom. The number of rotatable bonds is 5. The normalized spacial score (nSPS) is 14.4. The van der Waals surface area contributed by atoms with E-state index in [1.165, 1.54) is 5.56 Å². The molecule has 0 atom stereocenters. The Labute approximate surface area is 144 Å². The quantitative estimate of drug-likeness (QED) is 0.744. The molecule has 4 rings (SSSR count). The molecule has 0 amide bonds. The maximum Gasteiger partial charge on any atom is 0.343 e. The van der Waals surface area contributed by atoms with E-state index in [-0.39, 0.29) is 5.69 Å². The minimum atomic E-state index is -0.124. The molecule has 0 radical (unpaired) electrons. The lowest BCUT2D eigenvalue weighted by molar-refractivity contribution is 0.207. The van der Waals surface area contributed by atoms with Crippen molar-refractivity contribution in [1.29, 1.82) is 0 Å². The number of nitrogens with zero attached hydrogens (tertiary/aromatic N) is 5. The van der Waals surface area contributed by atoms with Crippen molar-refractivity contribution in [3.8, 4) is 5.75 Å². The van der Waals surface area contributed by atoms with Crippen LogP contribution in [0.4, 0.5) is 0 Å². The first-order chi connectivity index (χ1) is 12.2. The number of ether oxygens (including phenoxy) is 1. The summed E-state index contributed by atoms with van der Waals surface area (Å²) in [5, 5.41) is 10.9. The van der Waals surface area contributed by atoms with Gasteiger partial charge in [0.25, 0.3) is 0 Å². The van der Waals surface area contributed by atoms with E-state index in [4.69, 9.17) is 4.74 Å². The minimum Gasteiger partial charge on any atom is -0.496 e. The van der Waals surface area contributed by atoms with Gasteiger partial charge in [-0.15, -0.1) is 0 Å². The van der Waals surface area contributed by atoms with Crippen LogP contribution in [0, 0.1) is 0 Å². The molecule has 0 saturated carbocycles.